The Balaban J connectivity index is 2.34. The van der Waals surface area contributed by atoms with Gasteiger partial charge in [-0.2, -0.15) is 0 Å². The standard InChI is InChI=1S/C12H16Br2O2/c1-15-12-6-5-10(9-11(12)14)16-8-4-2-3-7-13/h5-6,9H,2-4,7-8H2,1H3. The summed E-state index contributed by atoms with van der Waals surface area (Å²) >= 11 is 6.84. The van der Waals surface area contributed by atoms with Crippen LogP contribution in [-0.2, 0) is 0 Å². The highest BCUT2D eigenvalue weighted by Crippen LogP contribution is 2.28. The van der Waals surface area contributed by atoms with Crippen LogP contribution in [-0.4, -0.2) is 19.0 Å². The Morgan fingerprint density at radius 2 is 2.00 bits per heavy atom. The summed E-state index contributed by atoms with van der Waals surface area (Å²) in [5, 5.41) is 1.07. The second-order valence-corrected chi connectivity index (χ2v) is 5.04. The molecule has 16 heavy (non-hydrogen) atoms. The van der Waals surface area contributed by atoms with E-state index in [2.05, 4.69) is 31.9 Å². The van der Waals surface area contributed by atoms with Crippen LogP contribution >= 0.6 is 31.9 Å². The molecule has 0 aliphatic carbocycles. The van der Waals surface area contributed by atoms with Crippen LogP contribution in [0.5, 0.6) is 11.5 Å². The molecule has 0 atom stereocenters. The van der Waals surface area contributed by atoms with Crippen molar-refractivity contribution < 1.29 is 9.47 Å². The van der Waals surface area contributed by atoms with Crippen molar-refractivity contribution in [1.82, 2.24) is 0 Å². The lowest BCUT2D eigenvalue weighted by Gasteiger charge is -2.08. The molecule has 1 aromatic rings. The molecule has 0 saturated heterocycles. The van der Waals surface area contributed by atoms with Crippen molar-refractivity contribution in [2.45, 2.75) is 19.3 Å². The minimum absolute atomic E-state index is 0.770. The zero-order valence-corrected chi connectivity index (χ0v) is 12.5. The summed E-state index contributed by atoms with van der Waals surface area (Å²) in [6.07, 6.45) is 3.49. The molecule has 0 fully saturated rings. The minimum Gasteiger partial charge on any atom is -0.496 e. The number of unbranched alkanes of at least 4 members (excludes halogenated alkanes) is 2. The summed E-state index contributed by atoms with van der Waals surface area (Å²) < 4.78 is 11.7. The van der Waals surface area contributed by atoms with Crippen molar-refractivity contribution in [2.24, 2.45) is 0 Å². The Morgan fingerprint density at radius 3 is 2.62 bits per heavy atom. The van der Waals surface area contributed by atoms with E-state index in [1.54, 1.807) is 7.11 Å². The summed E-state index contributed by atoms with van der Waals surface area (Å²) in [5.74, 6) is 1.71. The molecule has 0 saturated carbocycles. The molecule has 90 valence electrons. The zero-order chi connectivity index (χ0) is 11.8. The molecule has 0 aliphatic heterocycles. The first kappa shape index (κ1) is 13.8. The molecule has 1 rings (SSSR count). The van der Waals surface area contributed by atoms with Gasteiger partial charge in [-0.1, -0.05) is 15.9 Å². The average molecular weight is 352 g/mol. The van der Waals surface area contributed by atoms with Gasteiger partial charge in [0.15, 0.2) is 0 Å². The smallest absolute Gasteiger partial charge is 0.133 e. The van der Waals surface area contributed by atoms with Crippen molar-refractivity contribution in [3.05, 3.63) is 22.7 Å². The van der Waals surface area contributed by atoms with Gasteiger partial charge < -0.3 is 9.47 Å². The Labute approximate surface area is 114 Å². The third-order valence-corrected chi connectivity index (χ3v) is 3.35. The van der Waals surface area contributed by atoms with Crippen LogP contribution in [0, 0.1) is 0 Å². The van der Waals surface area contributed by atoms with E-state index < -0.39 is 0 Å². The van der Waals surface area contributed by atoms with Crippen molar-refractivity contribution in [1.29, 1.82) is 0 Å². The van der Waals surface area contributed by atoms with Crippen LogP contribution in [0.1, 0.15) is 19.3 Å². The van der Waals surface area contributed by atoms with Crippen molar-refractivity contribution in [3.63, 3.8) is 0 Å². The van der Waals surface area contributed by atoms with E-state index in [1.165, 1.54) is 12.8 Å². The third kappa shape index (κ3) is 4.74. The van der Waals surface area contributed by atoms with Gasteiger partial charge in [0.2, 0.25) is 0 Å². The molecule has 0 bridgehead atoms. The second kappa shape index (κ2) is 7.96. The average Bonchev–Trinajstić information content (AvgIpc) is 2.29. The monoisotopic (exact) mass is 350 g/mol. The molecule has 0 radical (unpaired) electrons. The third-order valence-electron chi connectivity index (χ3n) is 2.17. The van der Waals surface area contributed by atoms with Crippen LogP contribution in [0.2, 0.25) is 0 Å². The Morgan fingerprint density at radius 1 is 1.19 bits per heavy atom. The first-order valence-corrected chi connectivity index (χ1v) is 7.21. The van der Waals surface area contributed by atoms with Gasteiger partial charge in [-0.05, 0) is 53.4 Å². The second-order valence-electron chi connectivity index (χ2n) is 3.39. The van der Waals surface area contributed by atoms with Gasteiger partial charge >= 0.3 is 0 Å². The molecule has 0 N–H and O–H groups in total. The van der Waals surface area contributed by atoms with Crippen LogP contribution in [0.3, 0.4) is 0 Å². The number of alkyl halides is 1. The highest BCUT2D eigenvalue weighted by Gasteiger charge is 2.01. The van der Waals surface area contributed by atoms with Crippen molar-refractivity contribution in [2.75, 3.05) is 19.0 Å². The largest absolute Gasteiger partial charge is 0.496 e. The first-order chi connectivity index (χ1) is 7.77. The predicted molar refractivity (Wildman–Crippen MR) is 73.8 cm³/mol. The molecule has 0 spiro atoms. The topological polar surface area (TPSA) is 18.5 Å². The number of benzene rings is 1. The van der Waals surface area contributed by atoms with Gasteiger partial charge in [-0.3, -0.25) is 0 Å². The summed E-state index contributed by atoms with van der Waals surface area (Å²) in [5.41, 5.74) is 0. The van der Waals surface area contributed by atoms with Gasteiger partial charge in [0.05, 0.1) is 18.2 Å². The van der Waals surface area contributed by atoms with E-state index in [0.29, 0.717) is 0 Å². The molecule has 0 heterocycles. The number of halogens is 2. The lowest BCUT2D eigenvalue weighted by Crippen LogP contribution is -1.97. The molecule has 1 aromatic carbocycles. The normalized spacial score (nSPS) is 10.2. The lowest BCUT2D eigenvalue weighted by atomic mass is 10.3. The minimum atomic E-state index is 0.770. The van der Waals surface area contributed by atoms with E-state index in [4.69, 9.17) is 9.47 Å². The van der Waals surface area contributed by atoms with Crippen LogP contribution in [0.25, 0.3) is 0 Å². The SMILES string of the molecule is COc1ccc(OCCCCCBr)cc1Br. The first-order valence-electron chi connectivity index (χ1n) is 5.30. The Hall–Kier alpha value is -0.220. The summed E-state index contributed by atoms with van der Waals surface area (Å²) in [6, 6.07) is 5.76. The number of ether oxygens (including phenoxy) is 2. The highest BCUT2D eigenvalue weighted by atomic mass is 79.9. The van der Waals surface area contributed by atoms with Gasteiger partial charge in [-0.25, -0.2) is 0 Å². The maximum absolute atomic E-state index is 5.63. The van der Waals surface area contributed by atoms with E-state index in [1.807, 2.05) is 18.2 Å². The Kier molecular flexibility index (Phi) is 6.88. The maximum atomic E-state index is 5.63. The molecule has 0 aromatic heterocycles. The van der Waals surface area contributed by atoms with Crippen molar-refractivity contribution >= 4 is 31.9 Å². The van der Waals surface area contributed by atoms with E-state index >= 15 is 0 Å². The molecule has 0 aliphatic rings. The molecule has 2 nitrogen and oxygen atoms in total. The van der Waals surface area contributed by atoms with E-state index in [0.717, 1.165) is 34.3 Å². The molecular formula is C12H16Br2O2. The van der Waals surface area contributed by atoms with Gasteiger partial charge in [0, 0.05) is 5.33 Å². The highest BCUT2D eigenvalue weighted by molar-refractivity contribution is 9.10. The maximum Gasteiger partial charge on any atom is 0.133 e. The lowest BCUT2D eigenvalue weighted by molar-refractivity contribution is 0.305. The number of rotatable bonds is 7. The van der Waals surface area contributed by atoms with Gasteiger partial charge in [-0.15, -0.1) is 0 Å². The summed E-state index contributed by atoms with van der Waals surface area (Å²) in [4.78, 5) is 0. The molecule has 4 heteroatoms. The summed E-state index contributed by atoms with van der Waals surface area (Å²) in [6.45, 7) is 0.770. The van der Waals surface area contributed by atoms with Crippen LogP contribution in [0.4, 0.5) is 0 Å². The fourth-order valence-corrected chi connectivity index (χ4v) is 2.22. The number of hydrogen-bond donors (Lipinski definition) is 0. The fraction of sp³-hybridized carbons (Fsp3) is 0.500. The predicted octanol–water partition coefficient (Wildman–Crippen LogP) is 4.40. The van der Waals surface area contributed by atoms with Crippen LogP contribution < -0.4 is 9.47 Å². The van der Waals surface area contributed by atoms with E-state index in [9.17, 15) is 0 Å². The van der Waals surface area contributed by atoms with Gasteiger partial charge in [0.25, 0.3) is 0 Å². The number of methoxy groups -OCH3 is 1. The molecular weight excluding hydrogens is 336 g/mol. The van der Waals surface area contributed by atoms with Crippen LogP contribution in [0.15, 0.2) is 22.7 Å². The zero-order valence-electron chi connectivity index (χ0n) is 9.34. The quantitative estimate of drug-likeness (QED) is 0.535. The van der Waals surface area contributed by atoms with E-state index in [-0.39, 0.29) is 0 Å². The van der Waals surface area contributed by atoms with Crippen molar-refractivity contribution in [3.8, 4) is 11.5 Å². The molecule has 0 unspecified atom stereocenters. The fourth-order valence-electron chi connectivity index (χ4n) is 1.30. The molecule has 0 amide bonds. The Bertz CT molecular complexity index is 316. The summed E-state index contributed by atoms with van der Waals surface area (Å²) in [7, 11) is 1.65. The van der Waals surface area contributed by atoms with Gasteiger partial charge in [0.1, 0.15) is 11.5 Å². The number of hydrogen-bond acceptors (Lipinski definition) is 2.